The van der Waals surface area contributed by atoms with Crippen LogP contribution in [0.2, 0.25) is 0 Å². The molecule has 0 unspecified atom stereocenters. The Kier molecular flexibility index (Phi) is 6.39. The van der Waals surface area contributed by atoms with Crippen molar-refractivity contribution in [3.05, 3.63) is 52.5 Å². The molecule has 2 heterocycles. The number of allylic oxidation sites excluding steroid dienone is 1. The summed E-state index contributed by atoms with van der Waals surface area (Å²) in [6.07, 6.45) is 1.44. The Hall–Kier alpha value is -2.52. The summed E-state index contributed by atoms with van der Waals surface area (Å²) in [5.74, 6) is -0.572. The zero-order valence-corrected chi connectivity index (χ0v) is 19.2. The number of halogens is 1. The molecule has 9 heteroatoms. The number of aromatic nitrogens is 3. The molecule has 166 valence electrons. The van der Waals surface area contributed by atoms with Crippen LogP contribution >= 0.6 is 0 Å². The number of hydrogen-bond acceptors (Lipinski definition) is 6. The molecule has 7 nitrogen and oxygen atoms in total. The number of hydrogen-bond donors (Lipinski definition) is 0. The van der Waals surface area contributed by atoms with Crippen LogP contribution in [-0.4, -0.2) is 45.9 Å². The maximum atomic E-state index is 15.9. The van der Waals surface area contributed by atoms with Crippen LogP contribution in [0.5, 0.6) is 0 Å². The first-order valence-electron chi connectivity index (χ1n) is 10.3. The van der Waals surface area contributed by atoms with E-state index in [1.807, 2.05) is 59.7 Å². The molecule has 2 aromatic rings. The Labute approximate surface area is 182 Å². The Morgan fingerprint density at radius 1 is 1.19 bits per heavy atom. The lowest BCUT2D eigenvalue weighted by molar-refractivity contribution is 0.00578. The molecule has 1 fully saturated rings. The van der Waals surface area contributed by atoms with Gasteiger partial charge in [-0.1, -0.05) is 29.0 Å². The number of benzene rings is 1. The van der Waals surface area contributed by atoms with Gasteiger partial charge >= 0.3 is 13.1 Å². The molecule has 1 aromatic carbocycles. The number of carbonyl (C=O) groups is 1. The third-order valence-corrected chi connectivity index (χ3v) is 5.80. The fourth-order valence-corrected chi connectivity index (χ4v) is 3.37. The van der Waals surface area contributed by atoms with Crippen LogP contribution in [0.3, 0.4) is 0 Å². The summed E-state index contributed by atoms with van der Waals surface area (Å²) < 4.78 is 34.1. The van der Waals surface area contributed by atoms with Gasteiger partial charge < -0.3 is 14.0 Å². The number of carbonyl (C=O) groups excluding carboxylic acids is 1. The Balaban J connectivity index is 2.02. The van der Waals surface area contributed by atoms with Gasteiger partial charge in [0.05, 0.1) is 30.6 Å². The van der Waals surface area contributed by atoms with E-state index in [2.05, 4.69) is 10.3 Å². The smallest absolute Gasteiger partial charge is 0.461 e. The molecule has 0 N–H and O–H groups in total. The molecule has 0 aliphatic carbocycles. The SMILES string of the molecule is CCOC(=O)c1cn(CC(=C(F)B2OC(C)(C)C(C)(C)O2)c2ccc(C)cc2C)nn1. The van der Waals surface area contributed by atoms with Crippen LogP contribution in [0, 0.1) is 13.8 Å². The minimum absolute atomic E-state index is 0.0478. The van der Waals surface area contributed by atoms with Gasteiger partial charge in [-0.05, 0) is 59.6 Å². The van der Waals surface area contributed by atoms with E-state index in [1.54, 1.807) is 6.92 Å². The lowest BCUT2D eigenvalue weighted by Gasteiger charge is -2.32. The number of esters is 1. The van der Waals surface area contributed by atoms with Crippen LogP contribution in [0.4, 0.5) is 4.39 Å². The largest absolute Gasteiger partial charge is 0.525 e. The lowest BCUT2D eigenvalue weighted by Crippen LogP contribution is -2.41. The molecule has 0 spiro atoms. The van der Waals surface area contributed by atoms with Crippen molar-refractivity contribution in [2.75, 3.05) is 6.61 Å². The van der Waals surface area contributed by atoms with E-state index in [4.69, 9.17) is 14.0 Å². The van der Waals surface area contributed by atoms with Crippen molar-refractivity contribution in [2.45, 2.75) is 66.2 Å². The summed E-state index contributed by atoms with van der Waals surface area (Å²) in [6.45, 7) is 13.4. The molecule has 0 radical (unpaired) electrons. The van der Waals surface area contributed by atoms with E-state index in [-0.39, 0.29) is 18.8 Å². The number of rotatable bonds is 6. The highest BCUT2D eigenvalue weighted by molar-refractivity contribution is 6.55. The van der Waals surface area contributed by atoms with Crippen LogP contribution < -0.4 is 0 Å². The van der Waals surface area contributed by atoms with Crippen molar-refractivity contribution in [1.29, 1.82) is 0 Å². The monoisotopic (exact) mass is 429 g/mol. The quantitative estimate of drug-likeness (QED) is 0.509. The number of nitrogens with zero attached hydrogens (tertiary/aromatic N) is 3. The Bertz CT molecular complexity index is 1000. The van der Waals surface area contributed by atoms with Crippen molar-refractivity contribution in [2.24, 2.45) is 0 Å². The maximum absolute atomic E-state index is 15.9. The van der Waals surface area contributed by atoms with Crippen LogP contribution in [0.1, 0.15) is 61.8 Å². The van der Waals surface area contributed by atoms with Gasteiger partial charge in [0.1, 0.15) is 5.73 Å². The molecule has 1 aliphatic heterocycles. The van der Waals surface area contributed by atoms with Gasteiger partial charge in [0.2, 0.25) is 0 Å². The summed E-state index contributed by atoms with van der Waals surface area (Å²) in [7, 11) is -1.14. The van der Waals surface area contributed by atoms with Gasteiger partial charge in [-0.25, -0.2) is 13.9 Å². The molecular formula is C22H29BFN3O4. The van der Waals surface area contributed by atoms with Crippen molar-refractivity contribution in [1.82, 2.24) is 15.0 Å². The third kappa shape index (κ3) is 4.72. The van der Waals surface area contributed by atoms with Crippen molar-refractivity contribution in [3.8, 4) is 0 Å². The topological polar surface area (TPSA) is 75.5 Å². The maximum Gasteiger partial charge on any atom is 0.525 e. The molecule has 0 atom stereocenters. The molecular weight excluding hydrogens is 400 g/mol. The molecule has 1 saturated heterocycles. The summed E-state index contributed by atoms with van der Waals surface area (Å²) in [5.41, 5.74) is 1.24. The molecule has 1 aliphatic rings. The molecule has 0 bridgehead atoms. The highest BCUT2D eigenvalue weighted by atomic mass is 19.1. The fourth-order valence-electron chi connectivity index (χ4n) is 3.37. The zero-order valence-electron chi connectivity index (χ0n) is 19.2. The Morgan fingerprint density at radius 2 is 1.84 bits per heavy atom. The van der Waals surface area contributed by atoms with E-state index in [0.29, 0.717) is 11.1 Å². The second kappa shape index (κ2) is 8.55. The zero-order chi connectivity index (χ0) is 23.0. The highest BCUT2D eigenvalue weighted by Gasteiger charge is 2.53. The van der Waals surface area contributed by atoms with Crippen molar-refractivity contribution >= 4 is 18.7 Å². The van der Waals surface area contributed by atoms with Crippen molar-refractivity contribution < 1.29 is 23.2 Å². The summed E-state index contributed by atoms with van der Waals surface area (Å²) >= 11 is 0. The van der Waals surface area contributed by atoms with Gasteiger partial charge in [-0.3, -0.25) is 0 Å². The first kappa shape index (κ1) is 23.2. The second-order valence-electron chi connectivity index (χ2n) is 8.75. The standard InChI is InChI=1S/C22H29BFN3O4/c1-8-29-20(28)18-13-27(26-25-18)12-17(16-10-9-14(2)11-15(16)3)19(24)23-30-21(4,5)22(6,7)31-23/h9-11,13H,8,12H2,1-7H3. The predicted molar refractivity (Wildman–Crippen MR) is 116 cm³/mol. The third-order valence-electron chi connectivity index (χ3n) is 5.80. The van der Waals surface area contributed by atoms with E-state index < -0.39 is 30.0 Å². The highest BCUT2D eigenvalue weighted by Crippen LogP contribution is 2.40. The van der Waals surface area contributed by atoms with Crippen LogP contribution in [0.25, 0.3) is 5.57 Å². The molecule has 0 amide bonds. The number of aryl methyl sites for hydroxylation is 2. The minimum atomic E-state index is -1.14. The fraction of sp³-hybridized carbons (Fsp3) is 0.500. The lowest BCUT2D eigenvalue weighted by atomic mass is 9.81. The summed E-state index contributed by atoms with van der Waals surface area (Å²) in [6, 6.07) is 5.78. The first-order chi connectivity index (χ1) is 14.4. The number of ether oxygens (including phenoxy) is 1. The normalized spacial score (nSPS) is 18.1. The molecule has 1 aromatic heterocycles. The summed E-state index contributed by atoms with van der Waals surface area (Å²) in [4.78, 5) is 11.9. The average molecular weight is 429 g/mol. The minimum Gasteiger partial charge on any atom is -0.461 e. The Morgan fingerprint density at radius 3 is 2.42 bits per heavy atom. The average Bonchev–Trinajstić information content (AvgIpc) is 3.22. The van der Waals surface area contributed by atoms with Gasteiger partial charge in [-0.15, -0.1) is 5.10 Å². The van der Waals surface area contributed by atoms with E-state index in [1.165, 1.54) is 10.9 Å². The first-order valence-corrected chi connectivity index (χ1v) is 10.3. The van der Waals surface area contributed by atoms with Gasteiger partial charge in [-0.2, -0.15) is 0 Å². The predicted octanol–water partition coefficient (Wildman–Crippen LogP) is 4.08. The molecule has 0 saturated carbocycles. The second-order valence-corrected chi connectivity index (χ2v) is 8.75. The van der Waals surface area contributed by atoms with E-state index in [0.717, 1.165) is 11.1 Å². The van der Waals surface area contributed by atoms with Crippen LogP contribution in [-0.2, 0) is 20.6 Å². The van der Waals surface area contributed by atoms with E-state index in [9.17, 15) is 4.79 Å². The van der Waals surface area contributed by atoms with Gasteiger partial charge in [0, 0.05) is 5.57 Å². The van der Waals surface area contributed by atoms with E-state index >= 15 is 4.39 Å². The molecule has 3 rings (SSSR count). The summed E-state index contributed by atoms with van der Waals surface area (Å²) in [5, 5.41) is 7.83. The van der Waals surface area contributed by atoms with Gasteiger partial charge in [0.15, 0.2) is 5.69 Å². The van der Waals surface area contributed by atoms with Gasteiger partial charge in [0.25, 0.3) is 0 Å². The van der Waals surface area contributed by atoms with Crippen molar-refractivity contribution in [3.63, 3.8) is 0 Å². The molecule has 31 heavy (non-hydrogen) atoms. The van der Waals surface area contributed by atoms with Crippen LogP contribution in [0.15, 0.2) is 30.1 Å².